The predicted octanol–water partition coefficient (Wildman–Crippen LogP) is 1.00. The van der Waals surface area contributed by atoms with Crippen molar-refractivity contribution in [2.24, 2.45) is 0 Å². The Bertz CT molecular complexity index is 887. The Morgan fingerprint density at radius 1 is 1.05 bits per heavy atom. The van der Waals surface area contributed by atoms with Crippen molar-refractivity contribution in [1.82, 2.24) is 0 Å². The minimum Gasteiger partial charge on any atom is -0.398 e. The van der Waals surface area contributed by atoms with Crippen LogP contribution in [0.4, 0.5) is 5.69 Å². The normalized spacial score (nSPS) is 12.7. The van der Waals surface area contributed by atoms with Crippen LogP contribution in [0.5, 0.6) is 0 Å². The molecular formula is C11H11NO6S2. The van der Waals surface area contributed by atoms with Gasteiger partial charge in [-0.1, -0.05) is 6.07 Å². The number of fused-ring (bicyclic) bond motifs is 1. The van der Waals surface area contributed by atoms with Gasteiger partial charge in [0, 0.05) is 16.5 Å². The molecule has 3 N–H and O–H groups in total. The average molecular weight is 317 g/mol. The molecule has 20 heavy (non-hydrogen) atoms. The van der Waals surface area contributed by atoms with E-state index >= 15 is 0 Å². The van der Waals surface area contributed by atoms with E-state index in [4.69, 9.17) is 5.73 Å². The van der Waals surface area contributed by atoms with E-state index < -0.39 is 25.1 Å². The van der Waals surface area contributed by atoms with Crippen LogP contribution in [0.3, 0.4) is 0 Å². The van der Waals surface area contributed by atoms with Crippen molar-refractivity contribution in [2.75, 3.05) is 12.8 Å². The molecule has 7 nitrogen and oxygen atoms in total. The van der Waals surface area contributed by atoms with Crippen LogP contribution < -0.4 is 5.73 Å². The maximum absolute atomic E-state index is 11.6. The van der Waals surface area contributed by atoms with E-state index in [2.05, 4.69) is 4.18 Å². The molecule has 0 saturated carbocycles. The first-order chi connectivity index (χ1) is 9.16. The average Bonchev–Trinajstić information content (AvgIpc) is 2.37. The highest BCUT2D eigenvalue weighted by Gasteiger charge is 2.19. The second-order valence-electron chi connectivity index (χ2n) is 3.96. The van der Waals surface area contributed by atoms with Crippen LogP contribution >= 0.6 is 0 Å². The van der Waals surface area contributed by atoms with Gasteiger partial charge in [0.1, 0.15) is 4.90 Å². The van der Waals surface area contributed by atoms with Crippen molar-refractivity contribution in [3.8, 4) is 0 Å². The van der Waals surface area contributed by atoms with Crippen molar-refractivity contribution in [1.29, 1.82) is 0 Å². The summed E-state index contributed by atoms with van der Waals surface area (Å²) in [5.74, 6) is 0. The van der Waals surface area contributed by atoms with Gasteiger partial charge < -0.3 is 5.73 Å². The van der Waals surface area contributed by atoms with Crippen LogP contribution in [0, 0.1) is 0 Å². The zero-order valence-electron chi connectivity index (χ0n) is 10.3. The van der Waals surface area contributed by atoms with Gasteiger partial charge >= 0.3 is 0 Å². The van der Waals surface area contributed by atoms with E-state index in [9.17, 15) is 21.4 Å². The number of benzene rings is 2. The minimum absolute atomic E-state index is 0.00521. The van der Waals surface area contributed by atoms with Crippen molar-refractivity contribution in [3.63, 3.8) is 0 Å². The van der Waals surface area contributed by atoms with Crippen LogP contribution in [-0.2, 0) is 24.4 Å². The predicted molar refractivity (Wildman–Crippen MR) is 72.4 cm³/mol. The summed E-state index contributed by atoms with van der Waals surface area (Å²) in [5, 5.41) is 0.320. The Balaban J connectivity index is 2.93. The Morgan fingerprint density at radius 2 is 1.70 bits per heavy atom. The summed E-state index contributed by atoms with van der Waals surface area (Å²) in [6.45, 7) is 0. The third kappa shape index (κ3) is 2.48. The molecule has 2 aromatic carbocycles. The number of nitrogen functional groups attached to an aromatic ring is 1. The van der Waals surface area contributed by atoms with Gasteiger partial charge in [-0.15, -0.1) is 0 Å². The molecule has 0 spiro atoms. The number of hydrogen-bond acceptors (Lipinski definition) is 6. The number of anilines is 1. The van der Waals surface area contributed by atoms with Gasteiger partial charge in [-0.2, -0.15) is 16.8 Å². The maximum atomic E-state index is 11.6. The van der Waals surface area contributed by atoms with Crippen molar-refractivity contribution in [2.45, 2.75) is 9.79 Å². The van der Waals surface area contributed by atoms with Gasteiger partial charge in [-0.05, 0) is 24.3 Å². The summed E-state index contributed by atoms with van der Waals surface area (Å²) in [4.78, 5) is -0.655. The minimum atomic E-state index is -4.51. The molecule has 2 rings (SSSR count). The Morgan fingerprint density at radius 3 is 2.25 bits per heavy atom. The fourth-order valence-electron chi connectivity index (χ4n) is 1.80. The summed E-state index contributed by atoms with van der Waals surface area (Å²) in [7, 11) is -7.50. The monoisotopic (exact) mass is 317 g/mol. The molecular weight excluding hydrogens is 306 g/mol. The molecule has 0 radical (unpaired) electrons. The molecule has 0 aliphatic heterocycles. The lowest BCUT2D eigenvalue weighted by molar-refractivity contribution is 0.398. The molecule has 0 atom stereocenters. The lowest BCUT2D eigenvalue weighted by atomic mass is 10.1. The van der Waals surface area contributed by atoms with Gasteiger partial charge in [0.2, 0.25) is 0 Å². The Hall–Kier alpha value is -1.68. The van der Waals surface area contributed by atoms with Gasteiger partial charge in [0.05, 0.1) is 12.0 Å². The van der Waals surface area contributed by atoms with Crippen molar-refractivity contribution in [3.05, 3.63) is 30.3 Å². The van der Waals surface area contributed by atoms with E-state index in [0.717, 1.165) is 19.2 Å². The molecule has 9 heteroatoms. The summed E-state index contributed by atoms with van der Waals surface area (Å²) < 4.78 is 59.4. The molecule has 0 bridgehead atoms. The van der Waals surface area contributed by atoms with Crippen LogP contribution in [0.15, 0.2) is 40.1 Å². The topological polar surface area (TPSA) is 124 Å². The second-order valence-corrected chi connectivity index (χ2v) is 7.06. The standard InChI is InChI=1S/C11H11NO6S2/c1-18-20(16,17)7-2-3-8-9(6-7)11(19(13,14)15)5-4-10(8)12/h2-6H,12H2,1H3,(H,13,14,15). The highest BCUT2D eigenvalue weighted by atomic mass is 32.2. The van der Waals surface area contributed by atoms with E-state index in [1.54, 1.807) is 0 Å². The Labute approximate surface area is 115 Å². The van der Waals surface area contributed by atoms with E-state index in [0.29, 0.717) is 5.39 Å². The zero-order chi connectivity index (χ0) is 15.1. The highest BCUT2D eigenvalue weighted by Crippen LogP contribution is 2.30. The molecule has 0 fully saturated rings. The molecule has 0 amide bonds. The van der Waals surface area contributed by atoms with Gasteiger partial charge in [0.15, 0.2) is 0 Å². The van der Waals surface area contributed by atoms with Crippen LogP contribution in [0.1, 0.15) is 0 Å². The number of rotatable bonds is 3. The van der Waals surface area contributed by atoms with E-state index in [1.807, 2.05) is 0 Å². The Kier molecular flexibility index (Phi) is 3.46. The quantitative estimate of drug-likeness (QED) is 0.491. The molecule has 0 aliphatic carbocycles. The molecule has 0 aromatic heterocycles. The molecule has 108 valence electrons. The van der Waals surface area contributed by atoms with E-state index in [1.165, 1.54) is 18.2 Å². The summed E-state index contributed by atoms with van der Waals surface area (Å²) in [6, 6.07) is 6.11. The van der Waals surface area contributed by atoms with Crippen LogP contribution in [-0.4, -0.2) is 28.5 Å². The fourth-order valence-corrected chi connectivity index (χ4v) is 3.18. The molecule has 0 saturated heterocycles. The SMILES string of the molecule is COS(=O)(=O)c1ccc2c(N)ccc(S(=O)(=O)O)c2c1. The lowest BCUT2D eigenvalue weighted by Crippen LogP contribution is -2.05. The zero-order valence-corrected chi connectivity index (χ0v) is 11.9. The summed E-state index contributed by atoms with van der Waals surface area (Å²) in [6.07, 6.45) is 0. The fraction of sp³-hybridized carbons (Fsp3) is 0.0909. The third-order valence-electron chi connectivity index (χ3n) is 2.77. The van der Waals surface area contributed by atoms with E-state index in [-0.39, 0.29) is 16.0 Å². The first kappa shape index (κ1) is 14.7. The smallest absolute Gasteiger partial charge is 0.296 e. The highest BCUT2D eigenvalue weighted by molar-refractivity contribution is 7.87. The molecule has 0 aliphatic rings. The first-order valence-corrected chi connectivity index (χ1v) is 8.12. The van der Waals surface area contributed by atoms with Gasteiger partial charge in [-0.3, -0.25) is 8.74 Å². The molecule has 0 heterocycles. The first-order valence-electron chi connectivity index (χ1n) is 5.27. The second kappa shape index (κ2) is 4.70. The van der Waals surface area contributed by atoms with Crippen molar-refractivity contribution >= 4 is 36.7 Å². The van der Waals surface area contributed by atoms with Gasteiger partial charge in [0.25, 0.3) is 20.2 Å². The number of nitrogens with two attached hydrogens (primary N) is 1. The maximum Gasteiger partial charge on any atom is 0.296 e. The largest absolute Gasteiger partial charge is 0.398 e. The van der Waals surface area contributed by atoms with Crippen molar-refractivity contribution < 1.29 is 25.6 Å². The number of hydrogen-bond donors (Lipinski definition) is 2. The van der Waals surface area contributed by atoms with Crippen LogP contribution in [0.2, 0.25) is 0 Å². The lowest BCUT2D eigenvalue weighted by Gasteiger charge is -2.09. The summed E-state index contributed by atoms with van der Waals surface area (Å²) >= 11 is 0. The van der Waals surface area contributed by atoms with Gasteiger partial charge in [-0.25, -0.2) is 0 Å². The molecule has 2 aromatic rings. The third-order valence-corrected chi connectivity index (χ3v) is 4.95. The van der Waals surface area contributed by atoms with Crippen LogP contribution in [0.25, 0.3) is 10.8 Å². The molecule has 0 unspecified atom stereocenters. The summed E-state index contributed by atoms with van der Waals surface area (Å²) in [5.41, 5.74) is 5.96.